The van der Waals surface area contributed by atoms with Crippen LogP contribution < -0.4 is 25.8 Å². The molecule has 0 radical (unpaired) electrons. The SMILES string of the molecule is CCCCCNC1(C)N=C(N2CCCC2)c2ccc(C3CN(c4nc(N5CCOCC5)c5ccc(C6CCCN(C7(C)N=C(N8CCCCC8)c8ccccc8N7)C6)cc5n4)CCO3)cc2N1. The fraction of sp³-hybridized carbons (Fsp3) is 0.585. The van der Waals surface area contributed by atoms with Gasteiger partial charge in [-0.25, -0.2) is 15.0 Å². The first kappa shape index (κ1) is 44.5. The van der Waals surface area contributed by atoms with Gasteiger partial charge in [-0.3, -0.25) is 10.2 Å². The second-order valence-electron chi connectivity index (χ2n) is 20.3. The molecule has 67 heavy (non-hydrogen) atoms. The molecule has 14 nitrogen and oxygen atoms in total. The molecule has 3 aromatic carbocycles. The van der Waals surface area contributed by atoms with E-state index in [1.54, 1.807) is 0 Å². The molecule has 4 aromatic rings. The number of likely N-dealkylation sites (tertiary alicyclic amines) is 3. The number of unbranched alkanes of at least 4 members (excludes halogenated alkanes) is 2. The largest absolute Gasteiger partial charge is 0.378 e. The number of rotatable bonds is 10. The summed E-state index contributed by atoms with van der Waals surface area (Å²) in [5.41, 5.74) is 8.17. The average molecular weight is 909 g/mol. The van der Waals surface area contributed by atoms with Crippen molar-refractivity contribution in [3.05, 3.63) is 82.9 Å². The fourth-order valence-electron chi connectivity index (χ4n) is 11.6. The van der Waals surface area contributed by atoms with Crippen LogP contribution in [0.3, 0.4) is 0 Å². The molecule has 14 heteroatoms. The Bertz CT molecular complexity index is 2460. The topological polar surface area (TPSA) is 121 Å². The highest BCUT2D eigenvalue weighted by Crippen LogP contribution is 2.39. The Hall–Kier alpha value is -5.02. The van der Waals surface area contributed by atoms with Gasteiger partial charge in [-0.15, -0.1) is 0 Å². The minimum Gasteiger partial charge on any atom is -0.378 e. The van der Waals surface area contributed by atoms with Gasteiger partial charge in [0, 0.05) is 86.8 Å². The van der Waals surface area contributed by atoms with Crippen LogP contribution in [0.1, 0.15) is 119 Å². The molecular formula is C53H72N12O2. The molecule has 8 heterocycles. The van der Waals surface area contributed by atoms with Crippen LogP contribution in [0.15, 0.2) is 70.6 Å². The Kier molecular flexibility index (Phi) is 12.7. The quantitative estimate of drug-likeness (QED) is 0.134. The number of aliphatic imine (C=N–C) groups is 2. The number of benzene rings is 3. The standard InChI is InChI=1S/C53H72N12O2/c1-4-5-9-22-54-52(2)57-46-35-39(19-21-43(46)49(59-52)61-25-12-13-26-61)47-37-64(30-33-67-47)51-55-45-34-38(18-20-42(45)48(56-51)63-28-31-66-32-29-63)40-15-14-27-65(36-40)53(3)58-44-17-8-7-16-41(44)50(60-53)62-23-10-6-11-24-62/h7-8,16-21,34-35,40,47,54,57-58H,4-6,9-15,22-33,36-37H2,1-3H3. The summed E-state index contributed by atoms with van der Waals surface area (Å²) in [6.45, 7) is 18.8. The molecule has 7 aliphatic rings. The number of morpholine rings is 2. The Balaban J connectivity index is 0.869. The van der Waals surface area contributed by atoms with Crippen molar-refractivity contribution in [3.8, 4) is 0 Å². The molecular weight excluding hydrogens is 837 g/mol. The molecule has 4 atom stereocenters. The van der Waals surface area contributed by atoms with E-state index in [-0.39, 0.29) is 6.10 Å². The maximum atomic E-state index is 6.61. The molecule has 356 valence electrons. The molecule has 1 aromatic heterocycles. The van der Waals surface area contributed by atoms with Crippen LogP contribution in [0.25, 0.3) is 10.9 Å². The highest BCUT2D eigenvalue weighted by Gasteiger charge is 2.41. The maximum absolute atomic E-state index is 6.61. The van der Waals surface area contributed by atoms with Gasteiger partial charge in [0.2, 0.25) is 5.95 Å². The van der Waals surface area contributed by atoms with Crippen molar-refractivity contribution in [2.24, 2.45) is 9.98 Å². The van der Waals surface area contributed by atoms with Gasteiger partial charge in [0.1, 0.15) is 23.6 Å². The van der Waals surface area contributed by atoms with Gasteiger partial charge in [0.15, 0.2) is 11.6 Å². The molecule has 3 N–H and O–H groups in total. The lowest BCUT2D eigenvalue weighted by molar-refractivity contribution is 0.0393. The first-order valence-electron chi connectivity index (χ1n) is 25.8. The van der Waals surface area contributed by atoms with Gasteiger partial charge in [0.25, 0.3) is 0 Å². The van der Waals surface area contributed by atoms with Gasteiger partial charge in [-0.05, 0) is 125 Å². The molecule has 0 amide bonds. The molecule has 5 saturated heterocycles. The predicted molar refractivity (Wildman–Crippen MR) is 271 cm³/mol. The number of amidine groups is 2. The number of hydrogen-bond donors (Lipinski definition) is 3. The van der Waals surface area contributed by atoms with E-state index in [2.05, 4.69) is 122 Å². The van der Waals surface area contributed by atoms with Crippen LogP contribution in [0.2, 0.25) is 0 Å². The number of hydrogen-bond acceptors (Lipinski definition) is 14. The number of para-hydroxylation sites is 1. The van der Waals surface area contributed by atoms with Crippen molar-refractivity contribution in [1.82, 2.24) is 30.0 Å². The number of anilines is 4. The summed E-state index contributed by atoms with van der Waals surface area (Å²) < 4.78 is 12.4. The summed E-state index contributed by atoms with van der Waals surface area (Å²) in [5, 5.41) is 12.6. The summed E-state index contributed by atoms with van der Waals surface area (Å²) in [6.07, 6.45) is 11.8. The molecule has 0 bridgehead atoms. The molecule has 7 aliphatic heterocycles. The summed E-state index contributed by atoms with van der Waals surface area (Å²) in [7, 11) is 0. The monoisotopic (exact) mass is 909 g/mol. The van der Waals surface area contributed by atoms with Gasteiger partial charge >= 0.3 is 0 Å². The van der Waals surface area contributed by atoms with Crippen molar-refractivity contribution in [3.63, 3.8) is 0 Å². The Morgan fingerprint density at radius 2 is 1.42 bits per heavy atom. The minimum atomic E-state index is -0.582. The third kappa shape index (κ3) is 9.18. The van der Waals surface area contributed by atoms with Crippen LogP contribution in [0.5, 0.6) is 0 Å². The van der Waals surface area contributed by atoms with E-state index in [4.69, 9.17) is 29.4 Å². The maximum Gasteiger partial charge on any atom is 0.228 e. The van der Waals surface area contributed by atoms with E-state index in [0.29, 0.717) is 32.3 Å². The molecule has 4 unspecified atom stereocenters. The second kappa shape index (κ2) is 19.2. The van der Waals surface area contributed by atoms with Gasteiger partial charge in [-0.1, -0.05) is 44.0 Å². The van der Waals surface area contributed by atoms with Crippen molar-refractivity contribution in [1.29, 1.82) is 0 Å². The summed E-state index contributed by atoms with van der Waals surface area (Å²) in [5.74, 6) is 3.24. The van der Waals surface area contributed by atoms with Crippen LogP contribution >= 0.6 is 0 Å². The van der Waals surface area contributed by atoms with E-state index < -0.39 is 11.6 Å². The Labute approximate surface area is 397 Å². The summed E-state index contributed by atoms with van der Waals surface area (Å²) in [4.78, 5) is 34.1. The average Bonchev–Trinajstić information content (AvgIpc) is 3.93. The third-order valence-corrected chi connectivity index (χ3v) is 15.4. The Morgan fingerprint density at radius 3 is 2.24 bits per heavy atom. The highest BCUT2D eigenvalue weighted by atomic mass is 16.5. The van der Waals surface area contributed by atoms with Crippen LogP contribution in [-0.2, 0) is 9.47 Å². The van der Waals surface area contributed by atoms with E-state index in [9.17, 15) is 0 Å². The van der Waals surface area contributed by atoms with Crippen LogP contribution in [0.4, 0.5) is 23.1 Å². The fourth-order valence-corrected chi connectivity index (χ4v) is 11.6. The lowest BCUT2D eigenvalue weighted by atomic mass is 9.89. The third-order valence-electron chi connectivity index (χ3n) is 15.4. The molecule has 0 aliphatic carbocycles. The second-order valence-corrected chi connectivity index (χ2v) is 20.3. The minimum absolute atomic E-state index is 0.135. The summed E-state index contributed by atoms with van der Waals surface area (Å²) >= 11 is 0. The first-order valence-corrected chi connectivity index (χ1v) is 25.8. The van der Waals surface area contributed by atoms with Gasteiger partial charge in [-0.2, -0.15) is 4.98 Å². The Morgan fingerprint density at radius 1 is 0.672 bits per heavy atom. The zero-order valence-electron chi connectivity index (χ0n) is 40.2. The normalized spacial score (nSPS) is 27.0. The number of ether oxygens (including phenoxy) is 2. The first-order chi connectivity index (χ1) is 32.8. The molecule has 11 rings (SSSR count). The zero-order valence-corrected chi connectivity index (χ0v) is 40.2. The van der Waals surface area contributed by atoms with Crippen molar-refractivity contribution < 1.29 is 9.47 Å². The number of aromatic nitrogens is 2. The van der Waals surface area contributed by atoms with Crippen LogP contribution in [0, 0.1) is 0 Å². The van der Waals surface area contributed by atoms with E-state index in [0.717, 1.165) is 130 Å². The number of nitrogens with zero attached hydrogens (tertiary/aromatic N) is 9. The smallest absolute Gasteiger partial charge is 0.228 e. The zero-order chi connectivity index (χ0) is 45.4. The molecule has 0 spiro atoms. The lowest BCUT2D eigenvalue weighted by Gasteiger charge is -2.47. The number of nitrogens with one attached hydrogen (secondary N) is 3. The number of fused-ring (bicyclic) bond motifs is 3. The van der Waals surface area contributed by atoms with Crippen molar-refractivity contribution >= 4 is 45.7 Å². The lowest BCUT2D eigenvalue weighted by Crippen LogP contribution is -2.57. The predicted octanol–water partition coefficient (Wildman–Crippen LogP) is 7.98. The van der Waals surface area contributed by atoms with Crippen molar-refractivity contribution in [2.75, 3.05) is 112 Å². The van der Waals surface area contributed by atoms with E-state index in [1.165, 1.54) is 67.3 Å². The van der Waals surface area contributed by atoms with Crippen molar-refractivity contribution in [2.45, 2.75) is 109 Å². The van der Waals surface area contributed by atoms with E-state index >= 15 is 0 Å². The highest BCUT2D eigenvalue weighted by molar-refractivity contribution is 6.06. The summed E-state index contributed by atoms with van der Waals surface area (Å²) in [6, 6.07) is 22.6. The van der Waals surface area contributed by atoms with Gasteiger partial charge in [0.05, 0.1) is 31.9 Å². The van der Waals surface area contributed by atoms with E-state index in [1.807, 2.05) is 0 Å². The van der Waals surface area contributed by atoms with Crippen LogP contribution in [-0.4, -0.2) is 140 Å². The molecule has 5 fully saturated rings. The van der Waals surface area contributed by atoms with Gasteiger partial charge < -0.3 is 39.7 Å². The number of piperidine rings is 2. The molecule has 0 saturated carbocycles.